The normalized spacial score (nSPS) is 10.4. The molecule has 0 atom stereocenters. The number of hydrogen-bond acceptors (Lipinski definition) is 3. The molecule has 11 heavy (non-hydrogen) atoms. The van der Waals surface area contributed by atoms with Gasteiger partial charge in [0, 0.05) is 11.0 Å². The number of unbranched alkanes of at least 4 members (excludes halogenated alkanes) is 1. The molecule has 4 heteroatoms. The highest BCUT2D eigenvalue weighted by Crippen LogP contribution is 2.01. The lowest BCUT2D eigenvalue weighted by Crippen LogP contribution is -1.87. The molecule has 0 aromatic heterocycles. The molecule has 0 N–H and O–H groups in total. The molecular weight excluding hydrogens is 180 g/mol. The monoisotopic (exact) mass is 192 g/mol. The Morgan fingerprint density at radius 2 is 2.09 bits per heavy atom. The van der Waals surface area contributed by atoms with Crippen molar-refractivity contribution in [3.05, 3.63) is 0 Å². The van der Waals surface area contributed by atoms with Crippen molar-refractivity contribution in [1.82, 2.24) is 0 Å². The maximum Gasteiger partial charge on any atom is 0.214 e. The van der Waals surface area contributed by atoms with E-state index in [-0.39, 0.29) is 0 Å². The van der Waals surface area contributed by atoms with E-state index in [9.17, 15) is 8.42 Å². The quantitative estimate of drug-likeness (QED) is 0.502. The molecule has 0 aliphatic heterocycles. The number of hydrogen-bond donors (Lipinski definition) is 0. The Kier molecular flexibility index (Phi) is 5.43. The van der Waals surface area contributed by atoms with Crippen molar-refractivity contribution in [3.63, 3.8) is 0 Å². The van der Waals surface area contributed by atoms with Gasteiger partial charge in [-0.25, -0.2) is 8.42 Å². The summed E-state index contributed by atoms with van der Waals surface area (Å²) in [6, 6.07) is 0. The van der Waals surface area contributed by atoms with Gasteiger partial charge in [-0.3, -0.25) is 0 Å². The number of thioether (sulfide) groups is 1. The van der Waals surface area contributed by atoms with Crippen molar-refractivity contribution in [3.8, 4) is 10.5 Å². The third-order valence-electron chi connectivity index (χ3n) is 0.899. The van der Waals surface area contributed by atoms with Gasteiger partial charge < -0.3 is 0 Å². The predicted molar refractivity (Wildman–Crippen MR) is 50.0 cm³/mol. The zero-order valence-corrected chi connectivity index (χ0v) is 8.39. The van der Waals surface area contributed by atoms with E-state index >= 15 is 0 Å². The maximum absolute atomic E-state index is 10.5. The molecule has 0 aliphatic rings. The van der Waals surface area contributed by atoms with Crippen LogP contribution in [0, 0.1) is 10.5 Å². The van der Waals surface area contributed by atoms with Crippen molar-refractivity contribution in [2.45, 2.75) is 19.8 Å². The highest BCUT2D eigenvalue weighted by molar-refractivity contribution is 8.04. The van der Waals surface area contributed by atoms with Gasteiger partial charge in [0.05, 0.1) is 6.26 Å². The molecule has 0 amide bonds. The molecular formula is C7H12O2S2. The van der Waals surface area contributed by atoms with Gasteiger partial charge in [0.15, 0.2) is 0 Å². The van der Waals surface area contributed by atoms with E-state index in [0.29, 0.717) is 0 Å². The molecule has 0 aromatic rings. The van der Waals surface area contributed by atoms with E-state index < -0.39 is 9.84 Å². The number of rotatable bonds is 3. The van der Waals surface area contributed by atoms with Gasteiger partial charge in [0.2, 0.25) is 9.84 Å². The van der Waals surface area contributed by atoms with Crippen LogP contribution < -0.4 is 0 Å². The lowest BCUT2D eigenvalue weighted by molar-refractivity contribution is 0.611. The smallest absolute Gasteiger partial charge is 0.214 e. The zero-order chi connectivity index (χ0) is 8.74. The molecule has 0 spiro atoms. The average molecular weight is 192 g/mol. The lowest BCUT2D eigenvalue weighted by Gasteiger charge is -1.87. The van der Waals surface area contributed by atoms with Crippen LogP contribution in [-0.2, 0) is 9.84 Å². The standard InChI is InChI=1S/C7H12O2S2/c1-3-4-5-10-6-7-11(2,8)9/h3-5H2,1-2H3. The minimum Gasteiger partial charge on any atom is -0.216 e. The fraction of sp³-hybridized carbons (Fsp3) is 0.714. The van der Waals surface area contributed by atoms with Crippen molar-refractivity contribution >= 4 is 21.6 Å². The summed E-state index contributed by atoms with van der Waals surface area (Å²) in [5.74, 6) is 0.916. The van der Waals surface area contributed by atoms with Gasteiger partial charge in [-0.05, 0) is 11.7 Å². The topological polar surface area (TPSA) is 34.1 Å². The maximum atomic E-state index is 10.5. The Hall–Kier alpha value is -0.140. The number of sulfone groups is 1. The molecule has 0 aromatic carbocycles. The molecule has 0 bridgehead atoms. The summed E-state index contributed by atoms with van der Waals surface area (Å²) in [5, 5.41) is 4.70. The summed E-state index contributed by atoms with van der Waals surface area (Å²) in [7, 11) is -3.09. The van der Waals surface area contributed by atoms with Crippen molar-refractivity contribution in [1.29, 1.82) is 0 Å². The highest BCUT2D eigenvalue weighted by Gasteiger charge is 1.90. The van der Waals surface area contributed by atoms with E-state index in [4.69, 9.17) is 0 Å². The zero-order valence-electron chi connectivity index (χ0n) is 6.75. The van der Waals surface area contributed by atoms with E-state index in [1.54, 1.807) is 0 Å². The molecule has 0 saturated heterocycles. The minimum absolute atomic E-state index is 0.916. The fourth-order valence-electron chi connectivity index (χ4n) is 0.373. The molecule has 0 radical (unpaired) electrons. The van der Waals surface area contributed by atoms with Crippen LogP contribution in [0.15, 0.2) is 0 Å². The van der Waals surface area contributed by atoms with Gasteiger partial charge in [-0.1, -0.05) is 25.1 Å². The second-order valence-electron chi connectivity index (χ2n) is 2.18. The van der Waals surface area contributed by atoms with Crippen LogP contribution in [0.2, 0.25) is 0 Å². The average Bonchev–Trinajstić information content (AvgIpc) is 1.85. The van der Waals surface area contributed by atoms with E-state index in [1.165, 1.54) is 11.8 Å². The first-order chi connectivity index (χ1) is 5.06. The molecule has 0 rings (SSSR count). The van der Waals surface area contributed by atoms with Crippen LogP contribution in [0.1, 0.15) is 19.8 Å². The van der Waals surface area contributed by atoms with Gasteiger partial charge in [-0.2, -0.15) is 0 Å². The Morgan fingerprint density at radius 1 is 1.45 bits per heavy atom. The first-order valence-electron chi connectivity index (χ1n) is 3.40. The minimum atomic E-state index is -3.09. The summed E-state index contributed by atoms with van der Waals surface area (Å²) in [5.41, 5.74) is 0. The first-order valence-corrected chi connectivity index (χ1v) is 6.27. The Bertz CT molecular complexity index is 243. The van der Waals surface area contributed by atoms with E-state index in [0.717, 1.165) is 24.9 Å². The third-order valence-corrected chi connectivity index (χ3v) is 2.24. The molecule has 0 aliphatic carbocycles. The van der Waals surface area contributed by atoms with Crippen LogP contribution in [0.3, 0.4) is 0 Å². The summed E-state index contributed by atoms with van der Waals surface area (Å²) in [4.78, 5) is 0. The van der Waals surface area contributed by atoms with Crippen LogP contribution >= 0.6 is 11.8 Å². The van der Waals surface area contributed by atoms with Gasteiger partial charge in [0.1, 0.15) is 0 Å². The van der Waals surface area contributed by atoms with Crippen molar-refractivity contribution in [2.75, 3.05) is 12.0 Å². The summed E-state index contributed by atoms with van der Waals surface area (Å²) >= 11 is 1.36. The van der Waals surface area contributed by atoms with Gasteiger partial charge in [-0.15, -0.1) is 0 Å². The van der Waals surface area contributed by atoms with Crippen LogP contribution in [-0.4, -0.2) is 20.4 Å². The fourth-order valence-corrected chi connectivity index (χ4v) is 1.75. The lowest BCUT2D eigenvalue weighted by atomic mass is 10.4. The van der Waals surface area contributed by atoms with Crippen molar-refractivity contribution < 1.29 is 8.42 Å². The molecule has 0 unspecified atom stereocenters. The SMILES string of the molecule is CCCCSC#CS(C)(=O)=O. The van der Waals surface area contributed by atoms with Crippen LogP contribution in [0.5, 0.6) is 0 Å². The Labute approximate surface area is 72.7 Å². The first kappa shape index (κ1) is 10.9. The largest absolute Gasteiger partial charge is 0.216 e. The molecule has 0 saturated carbocycles. The second-order valence-corrected chi connectivity index (χ2v) is 4.83. The van der Waals surface area contributed by atoms with Crippen LogP contribution in [0.4, 0.5) is 0 Å². The summed E-state index contributed by atoms with van der Waals surface area (Å²) in [6.45, 7) is 2.09. The Balaban J connectivity index is 3.58. The summed E-state index contributed by atoms with van der Waals surface area (Å²) < 4.78 is 21.0. The molecule has 0 fully saturated rings. The molecule has 64 valence electrons. The Morgan fingerprint density at radius 3 is 2.55 bits per heavy atom. The molecule has 0 heterocycles. The third kappa shape index (κ3) is 9.86. The second kappa shape index (κ2) is 5.50. The summed E-state index contributed by atoms with van der Waals surface area (Å²) in [6.07, 6.45) is 3.32. The van der Waals surface area contributed by atoms with E-state index in [2.05, 4.69) is 17.4 Å². The van der Waals surface area contributed by atoms with Crippen LogP contribution in [0.25, 0.3) is 0 Å². The van der Waals surface area contributed by atoms with Crippen molar-refractivity contribution in [2.24, 2.45) is 0 Å². The predicted octanol–water partition coefficient (Wildman–Crippen LogP) is 1.48. The highest BCUT2D eigenvalue weighted by atomic mass is 32.2. The molecule has 2 nitrogen and oxygen atoms in total. The van der Waals surface area contributed by atoms with E-state index in [1.807, 2.05) is 0 Å². The van der Waals surface area contributed by atoms with Gasteiger partial charge >= 0.3 is 0 Å². The van der Waals surface area contributed by atoms with Gasteiger partial charge in [0.25, 0.3) is 0 Å².